The maximum atomic E-state index is 11.5. The van der Waals surface area contributed by atoms with Gasteiger partial charge < -0.3 is 8.83 Å². The SMILES string of the molecule is O=c1ccoc2c1ccc1occc12. The van der Waals surface area contributed by atoms with Crippen LogP contribution in [0.15, 0.2) is 50.4 Å². The van der Waals surface area contributed by atoms with E-state index in [4.69, 9.17) is 8.83 Å². The van der Waals surface area contributed by atoms with Crippen molar-refractivity contribution in [1.82, 2.24) is 0 Å². The second kappa shape index (κ2) is 2.48. The number of hydrogen-bond acceptors (Lipinski definition) is 3. The van der Waals surface area contributed by atoms with E-state index in [2.05, 4.69) is 0 Å². The largest absolute Gasteiger partial charge is 0.464 e. The molecule has 0 bridgehead atoms. The lowest BCUT2D eigenvalue weighted by molar-refractivity contribution is 0.603. The van der Waals surface area contributed by atoms with Crippen molar-refractivity contribution < 1.29 is 8.83 Å². The number of hydrogen-bond donors (Lipinski definition) is 0. The zero-order valence-corrected chi connectivity index (χ0v) is 7.19. The summed E-state index contributed by atoms with van der Waals surface area (Å²) >= 11 is 0. The van der Waals surface area contributed by atoms with E-state index in [-0.39, 0.29) is 5.43 Å². The monoisotopic (exact) mass is 186 g/mol. The van der Waals surface area contributed by atoms with Crippen LogP contribution in [0.4, 0.5) is 0 Å². The number of rotatable bonds is 0. The first-order valence-corrected chi connectivity index (χ1v) is 4.24. The summed E-state index contributed by atoms with van der Waals surface area (Å²) < 4.78 is 10.5. The summed E-state index contributed by atoms with van der Waals surface area (Å²) in [6.07, 6.45) is 2.98. The Morgan fingerprint density at radius 3 is 2.64 bits per heavy atom. The van der Waals surface area contributed by atoms with Gasteiger partial charge in [0.1, 0.15) is 11.2 Å². The Morgan fingerprint density at radius 2 is 1.71 bits per heavy atom. The molecule has 3 aromatic rings. The first kappa shape index (κ1) is 7.38. The van der Waals surface area contributed by atoms with Crippen LogP contribution in [0.2, 0.25) is 0 Å². The summed E-state index contributed by atoms with van der Waals surface area (Å²) in [6.45, 7) is 0. The van der Waals surface area contributed by atoms with Crippen LogP contribution in [0.3, 0.4) is 0 Å². The summed E-state index contributed by atoms with van der Waals surface area (Å²) in [5.41, 5.74) is 1.28. The van der Waals surface area contributed by atoms with Crippen LogP contribution in [0.5, 0.6) is 0 Å². The first-order chi connectivity index (χ1) is 6.86. The second-order valence-electron chi connectivity index (χ2n) is 3.06. The molecule has 2 heterocycles. The van der Waals surface area contributed by atoms with Crippen LogP contribution in [0.25, 0.3) is 21.9 Å². The zero-order chi connectivity index (χ0) is 9.54. The highest BCUT2D eigenvalue weighted by molar-refractivity contribution is 6.01. The molecule has 0 radical (unpaired) electrons. The molecule has 3 heteroatoms. The third kappa shape index (κ3) is 0.836. The summed E-state index contributed by atoms with van der Waals surface area (Å²) in [5, 5.41) is 1.42. The third-order valence-electron chi connectivity index (χ3n) is 2.26. The molecule has 0 saturated carbocycles. The molecule has 3 rings (SSSR count). The van der Waals surface area contributed by atoms with E-state index in [0.29, 0.717) is 11.0 Å². The smallest absolute Gasteiger partial charge is 0.192 e. The normalized spacial score (nSPS) is 11.1. The van der Waals surface area contributed by atoms with E-state index in [1.807, 2.05) is 0 Å². The molecule has 3 nitrogen and oxygen atoms in total. The minimum atomic E-state index is -0.0330. The van der Waals surface area contributed by atoms with Crippen molar-refractivity contribution in [3.05, 3.63) is 47.0 Å². The van der Waals surface area contributed by atoms with Gasteiger partial charge in [0.05, 0.1) is 23.3 Å². The number of fused-ring (bicyclic) bond motifs is 3. The van der Waals surface area contributed by atoms with Crippen molar-refractivity contribution in [2.75, 3.05) is 0 Å². The van der Waals surface area contributed by atoms with Crippen molar-refractivity contribution in [1.29, 1.82) is 0 Å². The fraction of sp³-hybridized carbons (Fsp3) is 0. The summed E-state index contributed by atoms with van der Waals surface area (Å²) in [7, 11) is 0. The number of furan rings is 1. The first-order valence-electron chi connectivity index (χ1n) is 4.24. The van der Waals surface area contributed by atoms with Gasteiger partial charge in [-0.3, -0.25) is 4.79 Å². The van der Waals surface area contributed by atoms with Gasteiger partial charge in [0.2, 0.25) is 0 Å². The average molecular weight is 186 g/mol. The van der Waals surface area contributed by atoms with Crippen LogP contribution in [0, 0.1) is 0 Å². The zero-order valence-electron chi connectivity index (χ0n) is 7.19. The quantitative estimate of drug-likeness (QED) is 0.541. The molecule has 0 spiro atoms. The van der Waals surface area contributed by atoms with Crippen molar-refractivity contribution in [2.45, 2.75) is 0 Å². The lowest BCUT2D eigenvalue weighted by atomic mass is 10.2. The minimum absolute atomic E-state index is 0.0330. The number of benzene rings is 1. The molecule has 0 aliphatic heterocycles. The molecule has 0 fully saturated rings. The maximum Gasteiger partial charge on any atom is 0.192 e. The second-order valence-corrected chi connectivity index (χ2v) is 3.06. The van der Waals surface area contributed by atoms with Crippen LogP contribution >= 0.6 is 0 Å². The Morgan fingerprint density at radius 1 is 0.857 bits per heavy atom. The maximum absolute atomic E-state index is 11.5. The topological polar surface area (TPSA) is 43.4 Å². The van der Waals surface area contributed by atoms with Crippen molar-refractivity contribution in [2.24, 2.45) is 0 Å². The highest BCUT2D eigenvalue weighted by Gasteiger charge is 2.06. The minimum Gasteiger partial charge on any atom is -0.464 e. The molecule has 0 aliphatic rings. The van der Waals surface area contributed by atoms with Gasteiger partial charge in [0.15, 0.2) is 5.43 Å². The van der Waals surface area contributed by atoms with Gasteiger partial charge in [-0.1, -0.05) is 0 Å². The Labute approximate surface area is 78.6 Å². The van der Waals surface area contributed by atoms with Crippen LogP contribution in [0.1, 0.15) is 0 Å². The van der Waals surface area contributed by atoms with Gasteiger partial charge in [-0.2, -0.15) is 0 Å². The van der Waals surface area contributed by atoms with Gasteiger partial charge in [-0.05, 0) is 18.2 Å². The van der Waals surface area contributed by atoms with E-state index in [0.717, 1.165) is 11.0 Å². The highest BCUT2D eigenvalue weighted by Crippen LogP contribution is 2.23. The van der Waals surface area contributed by atoms with E-state index in [1.165, 1.54) is 12.3 Å². The van der Waals surface area contributed by atoms with E-state index >= 15 is 0 Å². The Hall–Kier alpha value is -2.03. The molecule has 0 unspecified atom stereocenters. The summed E-state index contributed by atoms with van der Waals surface area (Å²) in [5.74, 6) is 0. The van der Waals surface area contributed by atoms with Crippen molar-refractivity contribution >= 4 is 21.9 Å². The molecular weight excluding hydrogens is 180 g/mol. The third-order valence-corrected chi connectivity index (χ3v) is 2.26. The standard InChI is InChI=1S/C11H6O3/c12-9-4-6-14-11-7(9)1-2-10-8(11)3-5-13-10/h1-6H. The molecule has 0 aliphatic carbocycles. The molecule has 1 aromatic carbocycles. The molecule has 0 amide bonds. The fourth-order valence-electron chi connectivity index (χ4n) is 1.59. The van der Waals surface area contributed by atoms with Gasteiger partial charge in [0.25, 0.3) is 0 Å². The molecule has 0 N–H and O–H groups in total. The van der Waals surface area contributed by atoms with Gasteiger partial charge in [0, 0.05) is 6.07 Å². The van der Waals surface area contributed by atoms with E-state index in [1.54, 1.807) is 24.5 Å². The molecule has 68 valence electrons. The Bertz CT molecular complexity index is 661. The molecule has 14 heavy (non-hydrogen) atoms. The molecule has 0 atom stereocenters. The average Bonchev–Trinajstić information content (AvgIpc) is 2.66. The molecule has 0 saturated heterocycles. The van der Waals surface area contributed by atoms with Gasteiger partial charge in [-0.25, -0.2) is 0 Å². The predicted octanol–water partition coefficient (Wildman–Crippen LogP) is 2.54. The van der Waals surface area contributed by atoms with Crippen molar-refractivity contribution in [3.8, 4) is 0 Å². The van der Waals surface area contributed by atoms with Crippen molar-refractivity contribution in [3.63, 3.8) is 0 Å². The van der Waals surface area contributed by atoms with Crippen LogP contribution in [-0.4, -0.2) is 0 Å². The Kier molecular flexibility index (Phi) is 1.31. The molecule has 2 aromatic heterocycles. The van der Waals surface area contributed by atoms with Crippen LogP contribution < -0.4 is 5.43 Å². The highest BCUT2D eigenvalue weighted by atomic mass is 16.3. The summed E-state index contributed by atoms with van der Waals surface area (Å²) in [4.78, 5) is 11.5. The summed E-state index contributed by atoms with van der Waals surface area (Å²) in [6, 6.07) is 6.69. The predicted molar refractivity (Wildman–Crippen MR) is 52.3 cm³/mol. The molecular formula is C11H6O3. The lowest BCUT2D eigenvalue weighted by Crippen LogP contribution is -1.97. The van der Waals surface area contributed by atoms with Crippen LogP contribution in [-0.2, 0) is 0 Å². The van der Waals surface area contributed by atoms with E-state index in [9.17, 15) is 4.79 Å². The Balaban J connectivity index is 2.71. The fourth-order valence-corrected chi connectivity index (χ4v) is 1.59. The van der Waals surface area contributed by atoms with Gasteiger partial charge >= 0.3 is 0 Å². The van der Waals surface area contributed by atoms with Gasteiger partial charge in [-0.15, -0.1) is 0 Å². The van der Waals surface area contributed by atoms with E-state index < -0.39 is 0 Å². The lowest BCUT2D eigenvalue weighted by Gasteiger charge is -1.95.